The summed E-state index contributed by atoms with van der Waals surface area (Å²) in [5, 5.41) is 0. The van der Waals surface area contributed by atoms with Gasteiger partial charge in [-0.2, -0.15) is 0 Å². The molecule has 0 saturated carbocycles. The van der Waals surface area contributed by atoms with Crippen molar-refractivity contribution in [2.24, 2.45) is 0 Å². The van der Waals surface area contributed by atoms with Crippen LogP contribution in [0.25, 0.3) is 0 Å². The molecule has 20 heavy (non-hydrogen) atoms. The van der Waals surface area contributed by atoms with E-state index >= 15 is 0 Å². The second kappa shape index (κ2) is 8.17. The lowest BCUT2D eigenvalue weighted by Gasteiger charge is -2.21. The molecule has 1 unspecified atom stereocenters. The zero-order chi connectivity index (χ0) is 14.2. The number of rotatable bonds is 6. The molecular formula is C15H20O4S. The molecule has 1 aromatic carbocycles. The van der Waals surface area contributed by atoms with Crippen LogP contribution in [0.4, 0.5) is 0 Å². The van der Waals surface area contributed by atoms with E-state index in [1.807, 2.05) is 24.3 Å². The van der Waals surface area contributed by atoms with Crippen LogP contribution in [0, 0.1) is 0 Å². The van der Waals surface area contributed by atoms with Crippen LogP contribution < -0.4 is 4.74 Å². The molecule has 0 aromatic heterocycles. The summed E-state index contributed by atoms with van der Waals surface area (Å²) in [5.41, 5.74) is 0. The zero-order valence-corrected chi connectivity index (χ0v) is 12.5. The van der Waals surface area contributed by atoms with Gasteiger partial charge in [0.15, 0.2) is 0 Å². The molecule has 1 aliphatic rings. The van der Waals surface area contributed by atoms with E-state index in [-0.39, 0.29) is 12.1 Å². The van der Waals surface area contributed by atoms with Crippen molar-refractivity contribution in [2.45, 2.75) is 30.3 Å². The highest BCUT2D eigenvalue weighted by Crippen LogP contribution is 2.21. The standard InChI is InChI=1S/C15H20O4S/c1-17-12-5-7-14(8-6-12)20-11-15(16)19-10-13-4-2-3-9-18-13/h5-8,13H,2-4,9-11H2,1H3. The first-order valence-corrected chi connectivity index (χ1v) is 7.80. The van der Waals surface area contributed by atoms with Gasteiger partial charge in [-0.25, -0.2) is 0 Å². The van der Waals surface area contributed by atoms with Crippen molar-refractivity contribution in [2.75, 3.05) is 26.1 Å². The molecule has 0 bridgehead atoms. The van der Waals surface area contributed by atoms with Gasteiger partial charge in [-0.1, -0.05) is 0 Å². The van der Waals surface area contributed by atoms with Crippen molar-refractivity contribution >= 4 is 17.7 Å². The average Bonchev–Trinajstić information content (AvgIpc) is 2.52. The van der Waals surface area contributed by atoms with E-state index in [1.165, 1.54) is 11.8 Å². The monoisotopic (exact) mass is 296 g/mol. The second-order valence-electron chi connectivity index (χ2n) is 4.64. The molecule has 2 rings (SSSR count). The van der Waals surface area contributed by atoms with Crippen molar-refractivity contribution in [1.29, 1.82) is 0 Å². The van der Waals surface area contributed by atoms with E-state index in [0.29, 0.717) is 12.4 Å². The molecule has 1 atom stereocenters. The Labute approximate surface area is 123 Å². The Morgan fingerprint density at radius 1 is 1.35 bits per heavy atom. The number of hydrogen-bond donors (Lipinski definition) is 0. The molecule has 1 fully saturated rings. The van der Waals surface area contributed by atoms with E-state index < -0.39 is 0 Å². The van der Waals surface area contributed by atoms with Crippen LogP contribution in [-0.2, 0) is 14.3 Å². The van der Waals surface area contributed by atoms with Gasteiger partial charge in [-0.05, 0) is 43.5 Å². The van der Waals surface area contributed by atoms with Crippen molar-refractivity contribution in [1.82, 2.24) is 0 Å². The molecule has 5 heteroatoms. The lowest BCUT2D eigenvalue weighted by Crippen LogP contribution is -2.26. The van der Waals surface area contributed by atoms with Crippen LogP contribution in [0.2, 0.25) is 0 Å². The molecule has 4 nitrogen and oxygen atoms in total. The minimum absolute atomic E-state index is 0.0821. The van der Waals surface area contributed by atoms with Crippen LogP contribution in [0.3, 0.4) is 0 Å². The Balaban J connectivity index is 1.66. The highest BCUT2D eigenvalue weighted by molar-refractivity contribution is 8.00. The highest BCUT2D eigenvalue weighted by Gasteiger charge is 2.16. The lowest BCUT2D eigenvalue weighted by molar-refractivity contribution is -0.145. The highest BCUT2D eigenvalue weighted by atomic mass is 32.2. The number of ether oxygens (including phenoxy) is 3. The summed E-state index contributed by atoms with van der Waals surface area (Å²) in [7, 11) is 1.63. The van der Waals surface area contributed by atoms with E-state index in [4.69, 9.17) is 14.2 Å². The van der Waals surface area contributed by atoms with Gasteiger partial charge in [0.05, 0.1) is 19.0 Å². The van der Waals surface area contributed by atoms with Crippen LogP contribution in [-0.4, -0.2) is 38.1 Å². The smallest absolute Gasteiger partial charge is 0.316 e. The SMILES string of the molecule is COc1ccc(SCC(=O)OCC2CCCCO2)cc1. The van der Waals surface area contributed by atoms with Gasteiger partial charge in [0.1, 0.15) is 12.4 Å². The third-order valence-electron chi connectivity index (χ3n) is 3.12. The van der Waals surface area contributed by atoms with Gasteiger partial charge in [0.2, 0.25) is 0 Å². The Morgan fingerprint density at radius 2 is 2.15 bits per heavy atom. The maximum Gasteiger partial charge on any atom is 0.316 e. The van der Waals surface area contributed by atoms with Crippen LogP contribution in [0.5, 0.6) is 5.75 Å². The summed E-state index contributed by atoms with van der Waals surface area (Å²) >= 11 is 1.46. The molecule has 0 aliphatic carbocycles. The number of carbonyl (C=O) groups is 1. The molecule has 0 spiro atoms. The Hall–Kier alpha value is -1.20. The first-order chi connectivity index (χ1) is 9.78. The molecule has 1 aliphatic heterocycles. The molecule has 0 amide bonds. The van der Waals surface area contributed by atoms with Crippen molar-refractivity contribution < 1.29 is 19.0 Å². The van der Waals surface area contributed by atoms with Gasteiger partial charge >= 0.3 is 5.97 Å². The molecule has 110 valence electrons. The number of esters is 1. The normalized spacial score (nSPS) is 18.6. The van der Waals surface area contributed by atoms with Gasteiger partial charge in [0.25, 0.3) is 0 Å². The third-order valence-corrected chi connectivity index (χ3v) is 4.11. The van der Waals surface area contributed by atoms with Crippen LogP contribution in [0.1, 0.15) is 19.3 Å². The summed E-state index contributed by atoms with van der Waals surface area (Å²) in [6.07, 6.45) is 3.33. The van der Waals surface area contributed by atoms with Gasteiger partial charge in [-0.3, -0.25) is 4.79 Å². The predicted octanol–water partition coefficient (Wildman–Crippen LogP) is 2.90. The Bertz CT molecular complexity index is 412. The lowest BCUT2D eigenvalue weighted by atomic mass is 10.1. The summed E-state index contributed by atoms with van der Waals surface area (Å²) in [4.78, 5) is 12.7. The van der Waals surface area contributed by atoms with Crippen molar-refractivity contribution in [3.63, 3.8) is 0 Å². The number of thioether (sulfide) groups is 1. The summed E-state index contributed by atoms with van der Waals surface area (Å²) in [6, 6.07) is 7.62. The fourth-order valence-corrected chi connectivity index (χ4v) is 2.68. The van der Waals surface area contributed by atoms with Crippen LogP contribution in [0.15, 0.2) is 29.2 Å². The number of methoxy groups -OCH3 is 1. The van der Waals surface area contributed by atoms with Crippen molar-refractivity contribution in [3.8, 4) is 5.75 Å². The van der Waals surface area contributed by atoms with Gasteiger partial charge in [-0.15, -0.1) is 11.8 Å². The summed E-state index contributed by atoms with van der Waals surface area (Å²) in [5.74, 6) is 0.936. The number of hydrogen-bond acceptors (Lipinski definition) is 5. The van der Waals surface area contributed by atoms with Crippen LogP contribution >= 0.6 is 11.8 Å². The molecular weight excluding hydrogens is 276 g/mol. The Kier molecular flexibility index (Phi) is 6.21. The summed E-state index contributed by atoms with van der Waals surface area (Å²) < 4.78 is 15.8. The number of carbonyl (C=O) groups excluding carboxylic acids is 1. The van der Waals surface area contributed by atoms with Crippen molar-refractivity contribution in [3.05, 3.63) is 24.3 Å². The zero-order valence-electron chi connectivity index (χ0n) is 11.7. The second-order valence-corrected chi connectivity index (χ2v) is 5.68. The van der Waals surface area contributed by atoms with E-state index in [9.17, 15) is 4.79 Å². The van der Waals surface area contributed by atoms with E-state index in [2.05, 4.69) is 0 Å². The number of benzene rings is 1. The largest absolute Gasteiger partial charge is 0.497 e. The fraction of sp³-hybridized carbons (Fsp3) is 0.533. The van der Waals surface area contributed by atoms with E-state index in [1.54, 1.807) is 7.11 Å². The molecule has 1 heterocycles. The fourth-order valence-electron chi connectivity index (χ4n) is 1.98. The average molecular weight is 296 g/mol. The quantitative estimate of drug-likeness (QED) is 0.596. The topological polar surface area (TPSA) is 44.8 Å². The maximum atomic E-state index is 11.7. The molecule has 0 N–H and O–H groups in total. The summed E-state index contributed by atoms with van der Waals surface area (Å²) in [6.45, 7) is 1.16. The minimum Gasteiger partial charge on any atom is -0.497 e. The van der Waals surface area contributed by atoms with Gasteiger partial charge < -0.3 is 14.2 Å². The minimum atomic E-state index is -0.194. The first kappa shape index (κ1) is 15.2. The predicted molar refractivity (Wildman–Crippen MR) is 78.3 cm³/mol. The molecule has 1 aromatic rings. The first-order valence-electron chi connectivity index (χ1n) is 6.82. The van der Waals surface area contributed by atoms with Gasteiger partial charge in [0, 0.05) is 11.5 Å². The third kappa shape index (κ3) is 5.06. The maximum absolute atomic E-state index is 11.7. The molecule has 0 radical (unpaired) electrons. The molecule has 1 saturated heterocycles. The Morgan fingerprint density at radius 3 is 2.80 bits per heavy atom. The van der Waals surface area contributed by atoms with E-state index in [0.717, 1.165) is 36.5 Å².